The maximum absolute atomic E-state index is 4.47. The second-order valence-electron chi connectivity index (χ2n) is 4.80. The number of hydrogen-bond acceptors (Lipinski definition) is 2. The summed E-state index contributed by atoms with van der Waals surface area (Å²) in [6, 6.07) is 2.25. The van der Waals surface area contributed by atoms with Crippen molar-refractivity contribution in [1.82, 2.24) is 9.78 Å². The molecule has 0 saturated heterocycles. The highest BCUT2D eigenvalue weighted by atomic mass is 15.3. The van der Waals surface area contributed by atoms with Gasteiger partial charge in [-0.2, -0.15) is 5.10 Å². The second kappa shape index (κ2) is 6.33. The lowest BCUT2D eigenvalue weighted by molar-refractivity contribution is 0.537. The van der Waals surface area contributed by atoms with E-state index in [1.807, 2.05) is 23.9 Å². The van der Waals surface area contributed by atoms with Crippen molar-refractivity contribution in [3.8, 4) is 0 Å². The van der Waals surface area contributed by atoms with E-state index < -0.39 is 0 Å². The van der Waals surface area contributed by atoms with Gasteiger partial charge >= 0.3 is 0 Å². The van der Waals surface area contributed by atoms with Gasteiger partial charge in [0.1, 0.15) is 0 Å². The topological polar surface area (TPSA) is 30.2 Å². The number of rotatable bonds is 4. The second-order valence-corrected chi connectivity index (χ2v) is 4.80. The number of hydrogen-bond donors (Lipinski definition) is 0. The molecule has 0 aromatic carbocycles. The Balaban J connectivity index is 2.38. The molecule has 1 atom stereocenters. The van der Waals surface area contributed by atoms with Crippen LogP contribution in [-0.2, 0) is 0 Å². The van der Waals surface area contributed by atoms with Gasteiger partial charge in [-0.25, -0.2) is 0 Å². The first-order chi connectivity index (χ1) is 9.69. The maximum atomic E-state index is 4.47. The van der Waals surface area contributed by atoms with Crippen LogP contribution in [-0.4, -0.2) is 22.5 Å². The molecule has 1 aromatic heterocycles. The smallest absolute Gasteiger partial charge is 0.0893 e. The summed E-state index contributed by atoms with van der Waals surface area (Å²) in [4.78, 5) is 4.43. The summed E-state index contributed by atoms with van der Waals surface area (Å²) < 4.78 is 2.02. The minimum Gasteiger partial charge on any atom is -0.286 e. The monoisotopic (exact) mass is 267 g/mol. The highest BCUT2D eigenvalue weighted by Crippen LogP contribution is 2.22. The zero-order valence-corrected chi connectivity index (χ0v) is 12.4. The number of aromatic nitrogens is 2. The summed E-state index contributed by atoms with van der Waals surface area (Å²) in [6.07, 6.45) is 13.3. The van der Waals surface area contributed by atoms with Crippen LogP contribution >= 0.6 is 0 Å². The van der Waals surface area contributed by atoms with Crippen LogP contribution in [0, 0.1) is 0 Å². The van der Waals surface area contributed by atoms with Gasteiger partial charge in [0.2, 0.25) is 0 Å². The minimum absolute atomic E-state index is 0.250. The number of aliphatic imine (C=N–C) groups is 1. The normalized spacial score (nSPS) is 19.4. The van der Waals surface area contributed by atoms with Gasteiger partial charge in [-0.3, -0.25) is 9.67 Å². The Kier molecular flexibility index (Phi) is 4.51. The summed E-state index contributed by atoms with van der Waals surface area (Å²) >= 11 is 0. The van der Waals surface area contributed by atoms with E-state index in [1.165, 1.54) is 0 Å². The lowest BCUT2D eigenvalue weighted by Gasteiger charge is -2.19. The molecule has 0 fully saturated rings. The van der Waals surface area contributed by atoms with Crippen LogP contribution in [0.1, 0.15) is 32.0 Å². The SMILES string of the molecule is C=C(/C(C)=C\C)/C(=N\C)c1ccnn1C1C=CC=CC1. The van der Waals surface area contributed by atoms with Crippen LogP contribution in [0.25, 0.3) is 0 Å². The molecule has 0 bridgehead atoms. The van der Waals surface area contributed by atoms with E-state index in [-0.39, 0.29) is 6.04 Å². The largest absolute Gasteiger partial charge is 0.286 e. The van der Waals surface area contributed by atoms with E-state index in [1.54, 1.807) is 7.05 Å². The summed E-state index contributed by atoms with van der Waals surface area (Å²) in [5, 5.41) is 4.47. The van der Waals surface area contributed by atoms with Crippen molar-refractivity contribution in [3.05, 3.63) is 66.1 Å². The molecule has 2 rings (SSSR count). The summed E-state index contributed by atoms with van der Waals surface area (Å²) in [6.45, 7) is 8.23. The molecule has 0 amide bonds. The Morgan fingerprint density at radius 2 is 2.30 bits per heavy atom. The molecule has 0 radical (unpaired) electrons. The van der Waals surface area contributed by atoms with Crippen molar-refractivity contribution in [3.63, 3.8) is 0 Å². The van der Waals surface area contributed by atoms with Crippen LogP contribution < -0.4 is 0 Å². The molecule has 0 spiro atoms. The van der Waals surface area contributed by atoms with Crippen molar-refractivity contribution in [1.29, 1.82) is 0 Å². The summed E-state index contributed by atoms with van der Waals surface area (Å²) in [5.41, 5.74) is 4.01. The summed E-state index contributed by atoms with van der Waals surface area (Å²) in [5.74, 6) is 0. The first kappa shape index (κ1) is 14.3. The molecular weight excluding hydrogens is 246 g/mol. The predicted molar refractivity (Wildman–Crippen MR) is 85.2 cm³/mol. The van der Waals surface area contributed by atoms with Crippen LogP contribution in [0.4, 0.5) is 0 Å². The van der Waals surface area contributed by atoms with E-state index in [2.05, 4.69) is 54.0 Å². The number of allylic oxidation sites excluding steroid dienone is 7. The molecular formula is C17H21N3. The van der Waals surface area contributed by atoms with E-state index in [0.29, 0.717) is 0 Å². The van der Waals surface area contributed by atoms with Gasteiger partial charge in [-0.15, -0.1) is 0 Å². The first-order valence-electron chi connectivity index (χ1n) is 6.85. The molecule has 0 aliphatic heterocycles. The quantitative estimate of drug-likeness (QED) is 0.601. The van der Waals surface area contributed by atoms with Crippen LogP contribution in [0.3, 0.4) is 0 Å². The third kappa shape index (κ3) is 2.72. The number of nitrogens with zero attached hydrogens (tertiary/aromatic N) is 3. The molecule has 1 aliphatic carbocycles. The average Bonchev–Trinajstić information content (AvgIpc) is 2.97. The maximum Gasteiger partial charge on any atom is 0.0893 e. The van der Waals surface area contributed by atoms with E-state index in [4.69, 9.17) is 0 Å². The van der Waals surface area contributed by atoms with Crippen LogP contribution in [0.15, 0.2) is 65.4 Å². The van der Waals surface area contributed by atoms with E-state index >= 15 is 0 Å². The molecule has 1 aromatic rings. The van der Waals surface area contributed by atoms with Crippen molar-refractivity contribution >= 4 is 5.71 Å². The predicted octanol–water partition coefficient (Wildman–Crippen LogP) is 3.88. The van der Waals surface area contributed by atoms with E-state index in [0.717, 1.165) is 29.0 Å². The van der Waals surface area contributed by atoms with Gasteiger partial charge in [0.15, 0.2) is 0 Å². The Morgan fingerprint density at radius 1 is 1.50 bits per heavy atom. The third-order valence-corrected chi connectivity index (χ3v) is 3.60. The minimum atomic E-state index is 0.250. The van der Waals surface area contributed by atoms with Crippen molar-refractivity contribution in [2.75, 3.05) is 7.05 Å². The zero-order chi connectivity index (χ0) is 14.5. The van der Waals surface area contributed by atoms with Gasteiger partial charge in [0.05, 0.1) is 17.4 Å². The lowest BCUT2D eigenvalue weighted by Crippen LogP contribution is -2.17. The molecule has 20 heavy (non-hydrogen) atoms. The highest BCUT2D eigenvalue weighted by Gasteiger charge is 2.18. The molecule has 104 valence electrons. The van der Waals surface area contributed by atoms with Crippen molar-refractivity contribution < 1.29 is 0 Å². The van der Waals surface area contributed by atoms with Crippen molar-refractivity contribution in [2.45, 2.75) is 26.3 Å². The van der Waals surface area contributed by atoms with Gasteiger partial charge in [0.25, 0.3) is 0 Å². The Bertz CT molecular complexity index is 612. The summed E-state index contributed by atoms with van der Waals surface area (Å²) in [7, 11) is 1.80. The molecule has 3 nitrogen and oxygen atoms in total. The fourth-order valence-corrected chi connectivity index (χ4v) is 2.28. The average molecular weight is 267 g/mol. The lowest BCUT2D eigenvalue weighted by atomic mass is 10.0. The standard InChI is InChI=1S/C17H21N3/c1-5-13(2)14(3)17(18-4)16-11-12-19-20(16)15-9-7-6-8-10-15/h5-9,11-12,15H,3,10H2,1-2,4H3/b13-5-,18-17+. The first-order valence-corrected chi connectivity index (χ1v) is 6.85. The third-order valence-electron chi connectivity index (χ3n) is 3.60. The molecule has 1 heterocycles. The molecule has 3 heteroatoms. The van der Waals surface area contributed by atoms with Gasteiger partial charge in [-0.1, -0.05) is 37.0 Å². The fraction of sp³-hybridized carbons (Fsp3) is 0.294. The van der Waals surface area contributed by atoms with E-state index in [9.17, 15) is 0 Å². The van der Waals surface area contributed by atoms with Gasteiger partial charge in [0, 0.05) is 13.2 Å². The fourth-order valence-electron chi connectivity index (χ4n) is 2.28. The Morgan fingerprint density at radius 3 is 2.90 bits per heavy atom. The van der Waals surface area contributed by atoms with Gasteiger partial charge < -0.3 is 0 Å². The Labute approximate surface area is 120 Å². The molecule has 0 N–H and O–H groups in total. The van der Waals surface area contributed by atoms with Crippen molar-refractivity contribution in [2.24, 2.45) is 4.99 Å². The molecule has 1 unspecified atom stereocenters. The molecule has 1 aliphatic rings. The van der Waals surface area contributed by atoms with Crippen LogP contribution in [0.5, 0.6) is 0 Å². The Hall–Kier alpha value is -2.16. The van der Waals surface area contributed by atoms with Crippen LogP contribution in [0.2, 0.25) is 0 Å². The van der Waals surface area contributed by atoms with Gasteiger partial charge in [-0.05, 0) is 37.5 Å². The molecule has 0 saturated carbocycles. The highest BCUT2D eigenvalue weighted by molar-refractivity contribution is 6.13. The zero-order valence-electron chi connectivity index (χ0n) is 12.4.